The van der Waals surface area contributed by atoms with Gasteiger partial charge in [0.05, 0.1) is 6.61 Å². The molecule has 1 N–H and O–H groups in total. The number of thioether (sulfide) groups is 1. The summed E-state index contributed by atoms with van der Waals surface area (Å²) in [6.07, 6.45) is -0.103. The van der Waals surface area contributed by atoms with E-state index in [0.29, 0.717) is 18.3 Å². The summed E-state index contributed by atoms with van der Waals surface area (Å²) in [5, 5.41) is 13.7. The van der Waals surface area contributed by atoms with E-state index in [9.17, 15) is 5.11 Å². The van der Waals surface area contributed by atoms with Crippen LogP contribution in [0.5, 0.6) is 5.75 Å². The van der Waals surface area contributed by atoms with Gasteiger partial charge in [-0.2, -0.15) is 16.7 Å². The summed E-state index contributed by atoms with van der Waals surface area (Å²) in [6.45, 7) is 2.53. The number of hydrogen-bond acceptors (Lipinski definition) is 6. The Hall–Kier alpha value is -1.53. The maximum absolute atomic E-state index is 9.70. The van der Waals surface area contributed by atoms with Crippen LogP contribution in [-0.2, 0) is 4.74 Å². The predicted octanol–water partition coefficient (Wildman–Crippen LogP) is 2.56. The minimum absolute atomic E-state index is 0.103. The quantitative estimate of drug-likeness (QED) is 0.910. The molecular weight excluding hydrogens is 264 g/mol. The zero-order valence-electron chi connectivity index (χ0n) is 10.5. The molecule has 0 amide bonds. The Morgan fingerprint density at radius 2 is 2.32 bits per heavy atom. The smallest absolute Gasteiger partial charge is 0.258 e. The Balaban J connectivity index is 1.90. The van der Waals surface area contributed by atoms with Crippen LogP contribution in [-0.4, -0.2) is 33.4 Å². The van der Waals surface area contributed by atoms with E-state index in [4.69, 9.17) is 9.26 Å². The van der Waals surface area contributed by atoms with Crippen LogP contribution in [0.15, 0.2) is 22.7 Å². The SMILES string of the molecule is Cc1c(O)cccc1-c1nc(C2CSCCO2)no1. The van der Waals surface area contributed by atoms with Crippen LogP contribution in [0.2, 0.25) is 0 Å². The molecule has 1 aliphatic heterocycles. The van der Waals surface area contributed by atoms with Crippen molar-refractivity contribution in [3.05, 3.63) is 29.6 Å². The van der Waals surface area contributed by atoms with Crippen LogP contribution >= 0.6 is 11.8 Å². The minimum atomic E-state index is -0.103. The molecule has 1 fully saturated rings. The monoisotopic (exact) mass is 278 g/mol. The molecule has 0 saturated carbocycles. The molecule has 1 saturated heterocycles. The Kier molecular flexibility index (Phi) is 3.44. The summed E-state index contributed by atoms with van der Waals surface area (Å²) in [5.41, 5.74) is 1.49. The zero-order valence-corrected chi connectivity index (χ0v) is 11.3. The van der Waals surface area contributed by atoms with E-state index < -0.39 is 0 Å². The van der Waals surface area contributed by atoms with E-state index in [2.05, 4.69) is 10.1 Å². The molecule has 1 aliphatic rings. The van der Waals surface area contributed by atoms with Gasteiger partial charge in [-0.15, -0.1) is 0 Å². The normalized spacial score (nSPS) is 19.5. The number of hydrogen-bond donors (Lipinski definition) is 1. The van der Waals surface area contributed by atoms with Crippen LogP contribution in [0.1, 0.15) is 17.5 Å². The average Bonchev–Trinajstić information content (AvgIpc) is 2.92. The molecule has 0 bridgehead atoms. The van der Waals surface area contributed by atoms with Crippen molar-refractivity contribution >= 4 is 11.8 Å². The summed E-state index contributed by atoms with van der Waals surface area (Å²) in [6, 6.07) is 5.24. The Labute approximate surface area is 115 Å². The van der Waals surface area contributed by atoms with Gasteiger partial charge < -0.3 is 14.4 Å². The van der Waals surface area contributed by atoms with Gasteiger partial charge in [0.25, 0.3) is 5.89 Å². The molecule has 2 aromatic rings. The lowest BCUT2D eigenvalue weighted by molar-refractivity contribution is 0.0677. The zero-order chi connectivity index (χ0) is 13.2. The van der Waals surface area contributed by atoms with E-state index in [-0.39, 0.29) is 11.9 Å². The van der Waals surface area contributed by atoms with Gasteiger partial charge in [-0.3, -0.25) is 0 Å². The number of rotatable bonds is 2. The number of aromatic hydroxyl groups is 1. The van der Waals surface area contributed by atoms with E-state index in [1.807, 2.05) is 24.8 Å². The fourth-order valence-electron chi connectivity index (χ4n) is 1.97. The fourth-order valence-corrected chi connectivity index (χ4v) is 2.81. The molecule has 1 aromatic heterocycles. The van der Waals surface area contributed by atoms with Crippen molar-refractivity contribution in [3.63, 3.8) is 0 Å². The van der Waals surface area contributed by atoms with Crippen molar-refractivity contribution in [2.75, 3.05) is 18.1 Å². The molecular formula is C13H14N2O3S. The van der Waals surface area contributed by atoms with Gasteiger partial charge in [-0.1, -0.05) is 11.2 Å². The van der Waals surface area contributed by atoms with Crippen molar-refractivity contribution in [3.8, 4) is 17.2 Å². The molecule has 0 radical (unpaired) electrons. The van der Waals surface area contributed by atoms with Crippen molar-refractivity contribution in [1.82, 2.24) is 10.1 Å². The highest BCUT2D eigenvalue weighted by Crippen LogP contribution is 2.30. The second-order valence-electron chi connectivity index (χ2n) is 4.34. The molecule has 0 spiro atoms. The lowest BCUT2D eigenvalue weighted by Gasteiger charge is -2.18. The molecule has 3 rings (SSSR count). The van der Waals surface area contributed by atoms with Crippen molar-refractivity contribution < 1.29 is 14.4 Å². The largest absolute Gasteiger partial charge is 0.508 e. The van der Waals surface area contributed by atoms with E-state index in [1.54, 1.807) is 12.1 Å². The number of nitrogens with zero attached hydrogens (tertiary/aromatic N) is 2. The van der Waals surface area contributed by atoms with E-state index >= 15 is 0 Å². The van der Waals surface area contributed by atoms with E-state index in [1.165, 1.54) is 0 Å². The predicted molar refractivity (Wildman–Crippen MR) is 72.2 cm³/mol. The van der Waals surface area contributed by atoms with Crippen LogP contribution in [0.4, 0.5) is 0 Å². The van der Waals surface area contributed by atoms with Crippen molar-refractivity contribution in [1.29, 1.82) is 0 Å². The summed E-state index contributed by atoms with van der Waals surface area (Å²) < 4.78 is 10.9. The lowest BCUT2D eigenvalue weighted by atomic mass is 10.1. The summed E-state index contributed by atoms with van der Waals surface area (Å²) in [4.78, 5) is 4.38. The first-order valence-corrected chi connectivity index (χ1v) is 7.23. The third kappa shape index (κ3) is 2.46. The Morgan fingerprint density at radius 3 is 3.11 bits per heavy atom. The molecule has 5 nitrogen and oxygen atoms in total. The van der Waals surface area contributed by atoms with Crippen LogP contribution in [0.25, 0.3) is 11.5 Å². The highest BCUT2D eigenvalue weighted by molar-refractivity contribution is 7.99. The first kappa shape index (κ1) is 12.5. The number of phenols is 1. The molecule has 2 heterocycles. The lowest BCUT2D eigenvalue weighted by Crippen LogP contribution is -2.16. The summed E-state index contributed by atoms with van der Waals surface area (Å²) in [7, 11) is 0. The van der Waals surface area contributed by atoms with Gasteiger partial charge in [0, 0.05) is 22.6 Å². The van der Waals surface area contributed by atoms with Gasteiger partial charge in [0.15, 0.2) is 0 Å². The number of ether oxygens (including phenoxy) is 1. The molecule has 6 heteroatoms. The maximum Gasteiger partial charge on any atom is 0.258 e. The first-order valence-electron chi connectivity index (χ1n) is 6.07. The van der Waals surface area contributed by atoms with Gasteiger partial charge in [-0.05, 0) is 19.1 Å². The third-order valence-corrected chi connectivity index (χ3v) is 4.08. The van der Waals surface area contributed by atoms with Gasteiger partial charge in [0.2, 0.25) is 5.82 Å². The van der Waals surface area contributed by atoms with Gasteiger partial charge in [-0.25, -0.2) is 0 Å². The second-order valence-corrected chi connectivity index (χ2v) is 5.49. The summed E-state index contributed by atoms with van der Waals surface area (Å²) in [5.74, 6) is 3.07. The standard InChI is InChI=1S/C13H14N2O3S/c1-8-9(3-2-4-10(8)16)13-14-12(15-18-13)11-7-19-6-5-17-11/h2-4,11,16H,5-7H2,1H3. The Morgan fingerprint density at radius 1 is 1.42 bits per heavy atom. The molecule has 1 aromatic carbocycles. The molecule has 19 heavy (non-hydrogen) atoms. The molecule has 100 valence electrons. The van der Waals surface area contributed by atoms with Crippen molar-refractivity contribution in [2.45, 2.75) is 13.0 Å². The molecule has 1 unspecified atom stereocenters. The first-order chi connectivity index (χ1) is 9.25. The maximum atomic E-state index is 9.70. The number of aromatic nitrogens is 2. The van der Waals surface area contributed by atoms with Crippen LogP contribution in [0, 0.1) is 6.92 Å². The minimum Gasteiger partial charge on any atom is -0.508 e. The van der Waals surface area contributed by atoms with Gasteiger partial charge >= 0.3 is 0 Å². The van der Waals surface area contributed by atoms with Crippen molar-refractivity contribution in [2.24, 2.45) is 0 Å². The topological polar surface area (TPSA) is 68.4 Å². The van der Waals surface area contributed by atoms with Gasteiger partial charge in [0.1, 0.15) is 11.9 Å². The number of benzene rings is 1. The average molecular weight is 278 g/mol. The molecule has 0 aliphatic carbocycles. The highest BCUT2D eigenvalue weighted by atomic mass is 32.2. The Bertz CT molecular complexity index is 579. The van der Waals surface area contributed by atoms with Crippen LogP contribution in [0.3, 0.4) is 0 Å². The molecule has 1 atom stereocenters. The van der Waals surface area contributed by atoms with Crippen LogP contribution < -0.4 is 0 Å². The summed E-state index contributed by atoms with van der Waals surface area (Å²) >= 11 is 1.82. The second kappa shape index (κ2) is 5.22. The third-order valence-electron chi connectivity index (χ3n) is 3.08. The van der Waals surface area contributed by atoms with E-state index in [0.717, 1.165) is 22.6 Å². The highest BCUT2D eigenvalue weighted by Gasteiger charge is 2.23. The number of phenolic OH excluding ortho intramolecular Hbond substituents is 1. The fraction of sp³-hybridized carbons (Fsp3) is 0.385.